The van der Waals surface area contributed by atoms with E-state index in [2.05, 4.69) is 47.1 Å². The summed E-state index contributed by atoms with van der Waals surface area (Å²) in [6.45, 7) is 9.20. The molecule has 0 saturated carbocycles. The molecular weight excluding hydrogens is 324 g/mol. The number of ether oxygens (including phenoxy) is 2. The first-order valence-electron chi connectivity index (χ1n) is 9.20. The molecule has 1 aliphatic rings. The van der Waals surface area contributed by atoms with Crippen LogP contribution in [0, 0.1) is 0 Å². The Hall–Kier alpha value is -2.30. The van der Waals surface area contributed by atoms with Gasteiger partial charge in [0.2, 0.25) is 0 Å². The van der Waals surface area contributed by atoms with E-state index in [0.29, 0.717) is 6.61 Å². The summed E-state index contributed by atoms with van der Waals surface area (Å²) in [5.74, 6) is 1.52. The summed E-state index contributed by atoms with van der Waals surface area (Å²) in [5.41, 5.74) is 4.16. The van der Waals surface area contributed by atoms with Crippen LogP contribution in [0.3, 0.4) is 0 Å². The molecule has 0 amide bonds. The highest BCUT2D eigenvalue weighted by molar-refractivity contribution is 5.43. The maximum absolute atomic E-state index is 5.60. The molecule has 0 radical (unpaired) electrons. The number of hydrogen-bond acceptors (Lipinski definition) is 4. The lowest BCUT2D eigenvalue weighted by Crippen LogP contribution is -2.35. The van der Waals surface area contributed by atoms with E-state index >= 15 is 0 Å². The quantitative estimate of drug-likeness (QED) is 0.554. The second kappa shape index (κ2) is 9.41. The number of nitrogens with one attached hydrogen (secondary N) is 1. The second-order valence-electron chi connectivity index (χ2n) is 6.56. The number of nitrogens with zero attached hydrogens (tertiary/aromatic N) is 1. The molecule has 1 aliphatic heterocycles. The third-order valence-corrected chi connectivity index (χ3v) is 4.73. The number of benzene rings is 2. The second-order valence-corrected chi connectivity index (χ2v) is 6.56. The lowest BCUT2D eigenvalue weighted by molar-refractivity contribution is 0.254. The molecule has 0 fully saturated rings. The van der Waals surface area contributed by atoms with Crippen molar-refractivity contribution in [3.05, 3.63) is 71.8 Å². The van der Waals surface area contributed by atoms with Crippen LogP contribution < -0.4 is 14.8 Å². The van der Waals surface area contributed by atoms with Crippen LogP contribution in [0.1, 0.15) is 16.7 Å². The Bertz CT molecular complexity index is 730. The number of rotatable bonds is 9. The van der Waals surface area contributed by atoms with E-state index in [1.54, 1.807) is 13.2 Å². The third kappa shape index (κ3) is 4.87. The minimum absolute atomic E-state index is 0.479. The van der Waals surface area contributed by atoms with Gasteiger partial charge < -0.3 is 14.8 Å². The minimum atomic E-state index is 0.479. The van der Waals surface area contributed by atoms with Crippen molar-refractivity contribution >= 4 is 0 Å². The summed E-state index contributed by atoms with van der Waals surface area (Å²) in [6.07, 6.45) is 2.88. The van der Waals surface area contributed by atoms with Crippen LogP contribution in [0.15, 0.2) is 55.1 Å². The molecule has 1 heterocycles. The van der Waals surface area contributed by atoms with Crippen molar-refractivity contribution in [3.63, 3.8) is 0 Å². The predicted octanol–water partition coefficient (Wildman–Crippen LogP) is 3.41. The fourth-order valence-electron chi connectivity index (χ4n) is 3.30. The van der Waals surface area contributed by atoms with Gasteiger partial charge in [-0.25, -0.2) is 0 Å². The fourth-order valence-corrected chi connectivity index (χ4v) is 3.30. The van der Waals surface area contributed by atoms with Gasteiger partial charge in [-0.3, -0.25) is 4.90 Å². The molecule has 0 aromatic heterocycles. The lowest BCUT2D eigenvalue weighted by atomic mass is 10.00. The zero-order valence-corrected chi connectivity index (χ0v) is 15.5. The van der Waals surface area contributed by atoms with Crippen molar-refractivity contribution in [2.75, 3.05) is 33.4 Å². The van der Waals surface area contributed by atoms with Crippen molar-refractivity contribution < 1.29 is 9.47 Å². The van der Waals surface area contributed by atoms with Gasteiger partial charge in [-0.05, 0) is 35.2 Å². The highest BCUT2D eigenvalue weighted by Crippen LogP contribution is 2.28. The minimum Gasteiger partial charge on any atom is -0.493 e. The van der Waals surface area contributed by atoms with Gasteiger partial charge in [-0.2, -0.15) is 0 Å². The largest absolute Gasteiger partial charge is 0.493 e. The molecular formula is C22H28N2O2. The normalized spacial score (nSPS) is 13.9. The van der Waals surface area contributed by atoms with Gasteiger partial charge in [-0.1, -0.05) is 43.0 Å². The average molecular weight is 352 g/mol. The molecule has 0 bridgehead atoms. The first kappa shape index (κ1) is 18.5. The molecule has 0 aliphatic carbocycles. The number of methoxy groups -OCH3 is 1. The third-order valence-electron chi connectivity index (χ3n) is 4.73. The smallest absolute Gasteiger partial charge is 0.161 e. The number of fused-ring (bicyclic) bond motifs is 1. The monoisotopic (exact) mass is 352 g/mol. The van der Waals surface area contributed by atoms with Crippen molar-refractivity contribution in [2.24, 2.45) is 0 Å². The van der Waals surface area contributed by atoms with E-state index in [4.69, 9.17) is 9.47 Å². The Morgan fingerprint density at radius 2 is 2.00 bits per heavy atom. The first-order valence-corrected chi connectivity index (χ1v) is 9.20. The van der Waals surface area contributed by atoms with Crippen LogP contribution in [-0.2, 0) is 19.5 Å². The van der Waals surface area contributed by atoms with E-state index in [-0.39, 0.29) is 0 Å². The Morgan fingerprint density at radius 3 is 2.81 bits per heavy atom. The van der Waals surface area contributed by atoms with E-state index in [1.807, 2.05) is 12.1 Å². The zero-order chi connectivity index (χ0) is 18.2. The molecule has 138 valence electrons. The summed E-state index contributed by atoms with van der Waals surface area (Å²) in [4.78, 5) is 2.52. The predicted molar refractivity (Wildman–Crippen MR) is 106 cm³/mol. The molecule has 0 atom stereocenters. The summed E-state index contributed by atoms with van der Waals surface area (Å²) >= 11 is 0. The molecule has 4 heteroatoms. The SMILES string of the molecule is C=CCOc1ccc(CNCCN2CCc3ccccc3C2)cc1OC. The van der Waals surface area contributed by atoms with Crippen molar-refractivity contribution in [2.45, 2.75) is 19.5 Å². The molecule has 0 saturated heterocycles. The standard InChI is InChI=1S/C22H28N2O2/c1-3-14-26-21-9-8-18(15-22(21)25-2)16-23-11-13-24-12-10-19-6-4-5-7-20(19)17-24/h3-9,15,23H,1,10-14,16-17H2,2H3. The van der Waals surface area contributed by atoms with Crippen molar-refractivity contribution in [1.82, 2.24) is 10.2 Å². The molecule has 1 N–H and O–H groups in total. The molecule has 2 aromatic rings. The highest BCUT2D eigenvalue weighted by atomic mass is 16.5. The van der Waals surface area contributed by atoms with Gasteiger partial charge in [0.25, 0.3) is 0 Å². The Balaban J connectivity index is 1.44. The van der Waals surface area contributed by atoms with Gasteiger partial charge in [0.05, 0.1) is 7.11 Å². The van der Waals surface area contributed by atoms with E-state index < -0.39 is 0 Å². The molecule has 0 unspecified atom stereocenters. The molecule has 26 heavy (non-hydrogen) atoms. The summed E-state index contributed by atoms with van der Waals surface area (Å²) in [5, 5.41) is 3.53. The van der Waals surface area contributed by atoms with Crippen LogP contribution in [0.25, 0.3) is 0 Å². The topological polar surface area (TPSA) is 33.7 Å². The summed E-state index contributed by atoms with van der Waals surface area (Å²) in [6, 6.07) is 14.8. The average Bonchev–Trinajstić information content (AvgIpc) is 2.69. The maximum Gasteiger partial charge on any atom is 0.161 e. The van der Waals surface area contributed by atoms with Crippen LogP contribution in [-0.4, -0.2) is 38.3 Å². The number of hydrogen-bond donors (Lipinski definition) is 1. The molecule has 4 nitrogen and oxygen atoms in total. The van der Waals surface area contributed by atoms with Crippen LogP contribution in [0.5, 0.6) is 11.5 Å². The first-order chi connectivity index (χ1) is 12.8. The maximum atomic E-state index is 5.60. The van der Waals surface area contributed by atoms with Gasteiger partial charge in [0.15, 0.2) is 11.5 Å². The van der Waals surface area contributed by atoms with Crippen LogP contribution in [0.2, 0.25) is 0 Å². The molecule has 3 rings (SSSR count). The van der Waals surface area contributed by atoms with Gasteiger partial charge >= 0.3 is 0 Å². The lowest BCUT2D eigenvalue weighted by Gasteiger charge is -2.28. The van der Waals surface area contributed by atoms with Gasteiger partial charge in [0, 0.05) is 32.7 Å². The van der Waals surface area contributed by atoms with Gasteiger partial charge in [-0.15, -0.1) is 0 Å². The zero-order valence-electron chi connectivity index (χ0n) is 15.5. The Kier molecular flexibility index (Phi) is 6.69. The van der Waals surface area contributed by atoms with Crippen molar-refractivity contribution in [3.8, 4) is 11.5 Å². The van der Waals surface area contributed by atoms with Crippen molar-refractivity contribution in [1.29, 1.82) is 0 Å². The summed E-state index contributed by atoms with van der Waals surface area (Å²) < 4.78 is 11.0. The van der Waals surface area contributed by atoms with Crippen LogP contribution >= 0.6 is 0 Å². The summed E-state index contributed by atoms with van der Waals surface area (Å²) in [7, 11) is 1.67. The highest BCUT2D eigenvalue weighted by Gasteiger charge is 2.14. The Labute approximate surface area is 156 Å². The van der Waals surface area contributed by atoms with E-state index in [1.165, 1.54) is 16.7 Å². The van der Waals surface area contributed by atoms with Gasteiger partial charge in [0.1, 0.15) is 6.61 Å². The molecule has 0 spiro atoms. The molecule has 2 aromatic carbocycles. The fraction of sp³-hybridized carbons (Fsp3) is 0.364. The Morgan fingerprint density at radius 1 is 1.15 bits per heavy atom. The van der Waals surface area contributed by atoms with E-state index in [9.17, 15) is 0 Å². The van der Waals surface area contributed by atoms with E-state index in [0.717, 1.165) is 50.6 Å². The van der Waals surface area contributed by atoms with Crippen LogP contribution in [0.4, 0.5) is 0 Å².